The van der Waals surface area contributed by atoms with Gasteiger partial charge in [-0.05, 0) is 40.5 Å². The van der Waals surface area contributed by atoms with E-state index in [4.69, 9.17) is 4.74 Å². The average Bonchev–Trinajstić information content (AvgIpc) is 2.03. The lowest BCUT2D eigenvalue weighted by molar-refractivity contribution is -0.0511. The summed E-state index contributed by atoms with van der Waals surface area (Å²) in [4.78, 5) is 0. The molecule has 2 heteroatoms. The lowest BCUT2D eigenvalue weighted by atomic mass is 9.78. The molecule has 1 aliphatic carbocycles. The maximum atomic E-state index is 9.76. The van der Waals surface area contributed by atoms with E-state index in [0.717, 1.165) is 19.4 Å². The first-order chi connectivity index (χ1) is 6.37. The van der Waals surface area contributed by atoms with Gasteiger partial charge in [-0.25, -0.2) is 0 Å². The molecule has 0 amide bonds. The van der Waals surface area contributed by atoms with Gasteiger partial charge in [0.2, 0.25) is 0 Å². The Morgan fingerprint density at radius 2 is 2.21 bits per heavy atom. The number of hydrogen-bond acceptors (Lipinski definition) is 2. The summed E-state index contributed by atoms with van der Waals surface area (Å²) in [5.41, 5.74) is -0.722. The Bertz CT molecular complexity index is 216. The second-order valence-electron chi connectivity index (χ2n) is 4.90. The highest BCUT2D eigenvalue weighted by Gasteiger charge is 2.33. The molecule has 0 radical (unpaired) electrons. The molecule has 82 valence electrons. The first-order valence-corrected chi connectivity index (χ1v) is 5.43. The van der Waals surface area contributed by atoms with E-state index in [0.29, 0.717) is 5.92 Å². The van der Waals surface area contributed by atoms with Gasteiger partial charge < -0.3 is 9.84 Å². The third kappa shape index (κ3) is 2.82. The lowest BCUT2D eigenvalue weighted by Crippen LogP contribution is -2.38. The zero-order chi connectivity index (χ0) is 10.8. The summed E-state index contributed by atoms with van der Waals surface area (Å²) in [7, 11) is 0. The molecule has 0 aromatic rings. The van der Waals surface area contributed by atoms with Gasteiger partial charge in [-0.3, -0.25) is 0 Å². The molecule has 0 saturated heterocycles. The van der Waals surface area contributed by atoms with Gasteiger partial charge >= 0.3 is 0 Å². The highest BCUT2D eigenvalue weighted by Crippen LogP contribution is 2.33. The molecule has 0 aliphatic heterocycles. The fraction of sp³-hybridized carbons (Fsp3) is 0.833. The predicted molar refractivity (Wildman–Crippen MR) is 58.2 cm³/mol. The van der Waals surface area contributed by atoms with Crippen molar-refractivity contribution in [1.29, 1.82) is 0 Å². The molecule has 0 saturated carbocycles. The van der Waals surface area contributed by atoms with Crippen LogP contribution in [0.2, 0.25) is 0 Å². The lowest BCUT2D eigenvalue weighted by Gasteiger charge is -2.37. The van der Waals surface area contributed by atoms with E-state index in [1.807, 2.05) is 19.9 Å². The van der Waals surface area contributed by atoms with Crippen molar-refractivity contribution in [2.75, 3.05) is 6.61 Å². The van der Waals surface area contributed by atoms with Crippen molar-refractivity contribution in [2.45, 2.75) is 51.7 Å². The molecular weight excluding hydrogens is 176 g/mol. The molecular formula is C12H22O2. The summed E-state index contributed by atoms with van der Waals surface area (Å²) in [6, 6.07) is 0. The van der Waals surface area contributed by atoms with Crippen LogP contribution in [0.5, 0.6) is 0 Å². The zero-order valence-electron chi connectivity index (χ0n) is 9.71. The zero-order valence-corrected chi connectivity index (χ0v) is 9.71. The Morgan fingerprint density at radius 1 is 1.57 bits per heavy atom. The van der Waals surface area contributed by atoms with Crippen LogP contribution in [0, 0.1) is 5.92 Å². The van der Waals surface area contributed by atoms with Crippen molar-refractivity contribution in [3.05, 3.63) is 12.2 Å². The van der Waals surface area contributed by atoms with E-state index in [1.165, 1.54) is 0 Å². The predicted octanol–water partition coefficient (Wildman–Crippen LogP) is 2.52. The summed E-state index contributed by atoms with van der Waals surface area (Å²) in [6.07, 6.45) is 5.82. The topological polar surface area (TPSA) is 29.5 Å². The van der Waals surface area contributed by atoms with Crippen LogP contribution in [0.1, 0.15) is 40.5 Å². The third-order valence-corrected chi connectivity index (χ3v) is 3.06. The van der Waals surface area contributed by atoms with Crippen LogP contribution in [-0.4, -0.2) is 22.9 Å². The van der Waals surface area contributed by atoms with Crippen LogP contribution in [0.4, 0.5) is 0 Å². The second-order valence-corrected chi connectivity index (χ2v) is 4.90. The van der Waals surface area contributed by atoms with E-state index in [9.17, 15) is 5.11 Å². The molecule has 0 aromatic carbocycles. The van der Waals surface area contributed by atoms with E-state index < -0.39 is 5.60 Å². The van der Waals surface area contributed by atoms with Crippen molar-refractivity contribution in [3.8, 4) is 0 Å². The molecule has 1 aliphatic rings. The fourth-order valence-electron chi connectivity index (χ4n) is 2.01. The number of hydrogen-bond donors (Lipinski definition) is 1. The van der Waals surface area contributed by atoms with Gasteiger partial charge in [0.25, 0.3) is 0 Å². The van der Waals surface area contributed by atoms with Crippen molar-refractivity contribution >= 4 is 0 Å². The third-order valence-electron chi connectivity index (χ3n) is 3.06. The normalized spacial score (nSPS) is 33.4. The van der Waals surface area contributed by atoms with Crippen LogP contribution < -0.4 is 0 Å². The Morgan fingerprint density at radius 3 is 2.64 bits per heavy atom. The maximum Gasteiger partial charge on any atom is 0.0800 e. The highest BCUT2D eigenvalue weighted by molar-refractivity contribution is 5.09. The highest BCUT2D eigenvalue weighted by atomic mass is 16.5. The van der Waals surface area contributed by atoms with Gasteiger partial charge in [-0.2, -0.15) is 0 Å². The van der Waals surface area contributed by atoms with Gasteiger partial charge in [0, 0.05) is 12.5 Å². The summed E-state index contributed by atoms with van der Waals surface area (Å²) in [5, 5.41) is 9.76. The van der Waals surface area contributed by atoms with Gasteiger partial charge in [0.05, 0.1) is 11.2 Å². The molecule has 1 rings (SSSR count). The average molecular weight is 198 g/mol. The molecule has 0 aromatic heterocycles. The molecule has 14 heavy (non-hydrogen) atoms. The molecule has 2 nitrogen and oxygen atoms in total. The molecule has 2 atom stereocenters. The van der Waals surface area contributed by atoms with Crippen molar-refractivity contribution in [3.63, 3.8) is 0 Å². The number of aliphatic hydroxyl groups is 1. The van der Waals surface area contributed by atoms with Crippen LogP contribution in [-0.2, 0) is 4.74 Å². The maximum absolute atomic E-state index is 9.76. The standard InChI is InChI=1S/C12H22O2/c1-5-14-11(2,3)10-6-8-12(4,13)9-7-10/h6,8,10,13H,5,7,9H2,1-4H3/t10-,12-/m1/s1. The van der Waals surface area contributed by atoms with Crippen molar-refractivity contribution < 1.29 is 9.84 Å². The second kappa shape index (κ2) is 4.03. The monoisotopic (exact) mass is 198 g/mol. The minimum atomic E-state index is -0.612. The SMILES string of the molecule is CCOC(C)(C)[C@@H]1C=C[C@@](C)(O)CC1. The van der Waals surface area contributed by atoms with Crippen molar-refractivity contribution in [1.82, 2.24) is 0 Å². The summed E-state index contributed by atoms with van der Waals surface area (Å²) >= 11 is 0. The molecule has 0 spiro atoms. The summed E-state index contributed by atoms with van der Waals surface area (Å²) < 4.78 is 5.70. The first kappa shape index (κ1) is 11.7. The van der Waals surface area contributed by atoms with Gasteiger partial charge in [0.1, 0.15) is 0 Å². The molecule has 1 N–H and O–H groups in total. The van der Waals surface area contributed by atoms with Gasteiger partial charge in [-0.15, -0.1) is 0 Å². The quantitative estimate of drug-likeness (QED) is 0.706. The largest absolute Gasteiger partial charge is 0.386 e. The van der Waals surface area contributed by atoms with E-state index >= 15 is 0 Å². The number of ether oxygens (including phenoxy) is 1. The van der Waals surface area contributed by atoms with Gasteiger partial charge in [-0.1, -0.05) is 12.2 Å². The minimum absolute atomic E-state index is 0.109. The number of rotatable bonds is 3. The van der Waals surface area contributed by atoms with Crippen LogP contribution in [0.3, 0.4) is 0 Å². The van der Waals surface area contributed by atoms with Crippen LogP contribution in [0.25, 0.3) is 0 Å². The van der Waals surface area contributed by atoms with Crippen LogP contribution >= 0.6 is 0 Å². The van der Waals surface area contributed by atoms with Gasteiger partial charge in [0.15, 0.2) is 0 Å². The molecule has 0 bridgehead atoms. The first-order valence-electron chi connectivity index (χ1n) is 5.43. The Balaban J connectivity index is 2.64. The Hall–Kier alpha value is -0.340. The van der Waals surface area contributed by atoms with E-state index in [-0.39, 0.29) is 5.60 Å². The smallest absolute Gasteiger partial charge is 0.0800 e. The van der Waals surface area contributed by atoms with E-state index in [2.05, 4.69) is 19.9 Å². The molecule has 0 unspecified atom stereocenters. The summed E-state index contributed by atoms with van der Waals surface area (Å²) in [6.45, 7) is 8.85. The summed E-state index contributed by atoms with van der Waals surface area (Å²) in [5.74, 6) is 0.419. The molecule has 0 fully saturated rings. The molecule has 0 heterocycles. The van der Waals surface area contributed by atoms with E-state index in [1.54, 1.807) is 0 Å². The Labute approximate surface area is 87.0 Å². The minimum Gasteiger partial charge on any atom is -0.386 e. The van der Waals surface area contributed by atoms with Crippen molar-refractivity contribution in [2.24, 2.45) is 5.92 Å². The Kier molecular flexibility index (Phi) is 3.38. The fourth-order valence-corrected chi connectivity index (χ4v) is 2.01. The van der Waals surface area contributed by atoms with Crippen LogP contribution in [0.15, 0.2) is 12.2 Å².